The first-order chi connectivity index (χ1) is 9.63. The Hall–Kier alpha value is -1.22. The van der Waals surface area contributed by atoms with Crippen molar-refractivity contribution in [2.75, 3.05) is 13.2 Å². The number of ketones is 1. The predicted molar refractivity (Wildman–Crippen MR) is 82.3 cm³/mol. The zero-order chi connectivity index (χ0) is 15.0. The van der Waals surface area contributed by atoms with E-state index in [2.05, 4.69) is 0 Å². The van der Waals surface area contributed by atoms with Gasteiger partial charge < -0.3 is 9.47 Å². The molecule has 1 aromatic carbocycles. The van der Waals surface area contributed by atoms with Crippen LogP contribution in [-0.4, -0.2) is 19.0 Å². The lowest BCUT2D eigenvalue weighted by Gasteiger charge is -2.14. The highest BCUT2D eigenvalue weighted by Crippen LogP contribution is 2.34. The normalized spacial score (nSPS) is 10.4. The van der Waals surface area contributed by atoms with Crippen LogP contribution in [-0.2, 0) is 0 Å². The van der Waals surface area contributed by atoms with E-state index < -0.39 is 0 Å². The van der Waals surface area contributed by atoms with Crippen LogP contribution in [0.5, 0.6) is 11.5 Å². The number of rotatable bonds is 9. The minimum absolute atomic E-state index is 0.0579. The molecular formula is C16H23ClO3. The molecule has 0 fully saturated rings. The quantitative estimate of drug-likeness (QED) is 0.608. The molecule has 0 heterocycles. The Kier molecular flexibility index (Phi) is 7.45. The van der Waals surface area contributed by atoms with Gasteiger partial charge in [0.15, 0.2) is 5.78 Å². The van der Waals surface area contributed by atoms with Crippen molar-refractivity contribution in [3.05, 3.63) is 22.7 Å². The summed E-state index contributed by atoms with van der Waals surface area (Å²) in [5, 5.41) is 0.460. The largest absolute Gasteiger partial charge is 0.493 e. The number of Topliss-reactive ketones (excluding diaryl/α,β-unsaturated/α-hetero) is 1. The maximum absolute atomic E-state index is 12.1. The Morgan fingerprint density at radius 1 is 1.00 bits per heavy atom. The van der Waals surface area contributed by atoms with Gasteiger partial charge in [-0.3, -0.25) is 4.79 Å². The van der Waals surface area contributed by atoms with Crippen molar-refractivity contribution in [2.24, 2.45) is 0 Å². The third kappa shape index (κ3) is 4.71. The number of halogens is 1. The van der Waals surface area contributed by atoms with Crippen LogP contribution in [0, 0.1) is 0 Å². The molecule has 0 saturated carbocycles. The average Bonchev–Trinajstić information content (AvgIpc) is 2.44. The van der Waals surface area contributed by atoms with Gasteiger partial charge in [-0.1, -0.05) is 32.4 Å². The van der Waals surface area contributed by atoms with E-state index in [1.807, 2.05) is 20.8 Å². The first-order valence-corrected chi connectivity index (χ1v) is 7.64. The van der Waals surface area contributed by atoms with Crippen molar-refractivity contribution in [1.29, 1.82) is 0 Å². The molecule has 0 aromatic heterocycles. The van der Waals surface area contributed by atoms with Crippen LogP contribution in [0.25, 0.3) is 0 Å². The molecule has 0 N–H and O–H groups in total. The fourth-order valence-electron chi connectivity index (χ4n) is 1.77. The molecule has 0 aliphatic heterocycles. The molecule has 1 aromatic rings. The molecule has 0 amide bonds. The smallest absolute Gasteiger partial charge is 0.166 e. The SMILES string of the molecule is CCCOc1cc(OCCC)c(C(=O)CCC)cc1Cl. The number of ether oxygens (including phenoxy) is 2. The van der Waals surface area contributed by atoms with Crippen molar-refractivity contribution >= 4 is 17.4 Å². The molecule has 0 atom stereocenters. The average molecular weight is 299 g/mol. The topological polar surface area (TPSA) is 35.5 Å². The van der Waals surface area contributed by atoms with Gasteiger partial charge in [0.2, 0.25) is 0 Å². The molecule has 4 heteroatoms. The summed E-state index contributed by atoms with van der Waals surface area (Å²) in [5.41, 5.74) is 0.550. The Bertz CT molecular complexity index is 444. The van der Waals surface area contributed by atoms with Gasteiger partial charge in [-0.15, -0.1) is 0 Å². The first kappa shape index (κ1) is 16.8. The molecule has 0 radical (unpaired) electrons. The van der Waals surface area contributed by atoms with Crippen molar-refractivity contribution in [3.63, 3.8) is 0 Å². The van der Waals surface area contributed by atoms with Crippen LogP contribution in [0.4, 0.5) is 0 Å². The third-order valence-electron chi connectivity index (χ3n) is 2.73. The summed E-state index contributed by atoms with van der Waals surface area (Å²) in [7, 11) is 0. The van der Waals surface area contributed by atoms with Gasteiger partial charge in [0.25, 0.3) is 0 Å². The van der Waals surface area contributed by atoms with Gasteiger partial charge in [0, 0.05) is 12.5 Å². The summed E-state index contributed by atoms with van der Waals surface area (Å²) in [6.07, 6.45) is 3.08. The summed E-state index contributed by atoms with van der Waals surface area (Å²) in [6.45, 7) is 7.20. The third-order valence-corrected chi connectivity index (χ3v) is 3.03. The standard InChI is InChI=1S/C16H23ClO3/c1-4-7-14(18)12-10-13(17)16(20-9-6-3)11-15(12)19-8-5-2/h10-11H,4-9H2,1-3H3. The fourth-order valence-corrected chi connectivity index (χ4v) is 1.99. The molecule has 0 bridgehead atoms. The Labute approximate surface area is 126 Å². The molecule has 3 nitrogen and oxygen atoms in total. The van der Waals surface area contributed by atoms with Gasteiger partial charge in [0.05, 0.1) is 23.8 Å². The van der Waals surface area contributed by atoms with E-state index in [0.717, 1.165) is 19.3 Å². The highest BCUT2D eigenvalue weighted by molar-refractivity contribution is 6.32. The fraction of sp³-hybridized carbons (Fsp3) is 0.562. The highest BCUT2D eigenvalue weighted by Gasteiger charge is 2.16. The van der Waals surface area contributed by atoms with Crippen molar-refractivity contribution in [1.82, 2.24) is 0 Å². The van der Waals surface area contributed by atoms with Crippen molar-refractivity contribution < 1.29 is 14.3 Å². The lowest BCUT2D eigenvalue weighted by atomic mass is 10.1. The first-order valence-electron chi connectivity index (χ1n) is 7.26. The molecule has 1 rings (SSSR count). The lowest BCUT2D eigenvalue weighted by molar-refractivity contribution is 0.0977. The Morgan fingerprint density at radius 2 is 1.60 bits per heavy atom. The van der Waals surface area contributed by atoms with Crippen molar-refractivity contribution in [3.8, 4) is 11.5 Å². The van der Waals surface area contributed by atoms with Crippen LogP contribution in [0.3, 0.4) is 0 Å². The van der Waals surface area contributed by atoms with Gasteiger partial charge >= 0.3 is 0 Å². The molecule has 0 saturated heterocycles. The minimum atomic E-state index is 0.0579. The maximum Gasteiger partial charge on any atom is 0.166 e. The van der Waals surface area contributed by atoms with E-state index in [4.69, 9.17) is 21.1 Å². The van der Waals surface area contributed by atoms with E-state index in [-0.39, 0.29) is 5.78 Å². The lowest BCUT2D eigenvalue weighted by Crippen LogP contribution is -2.06. The summed E-state index contributed by atoms with van der Waals surface area (Å²) < 4.78 is 11.2. The van der Waals surface area contributed by atoms with E-state index in [1.54, 1.807) is 12.1 Å². The monoisotopic (exact) mass is 298 g/mol. The van der Waals surface area contributed by atoms with Crippen LogP contribution >= 0.6 is 11.6 Å². The van der Waals surface area contributed by atoms with Crippen LogP contribution in [0.15, 0.2) is 12.1 Å². The molecular weight excluding hydrogens is 276 g/mol. The zero-order valence-electron chi connectivity index (χ0n) is 12.5. The second kappa shape index (κ2) is 8.85. The second-order valence-corrected chi connectivity index (χ2v) is 5.06. The van der Waals surface area contributed by atoms with Gasteiger partial charge in [-0.2, -0.15) is 0 Å². The van der Waals surface area contributed by atoms with Crippen LogP contribution in [0.1, 0.15) is 56.8 Å². The molecule has 112 valence electrons. The second-order valence-electron chi connectivity index (χ2n) is 4.65. The molecule has 0 spiro atoms. The van der Waals surface area contributed by atoms with Gasteiger partial charge in [-0.25, -0.2) is 0 Å². The van der Waals surface area contributed by atoms with E-state index in [9.17, 15) is 4.79 Å². The number of carbonyl (C=O) groups excluding carboxylic acids is 1. The van der Waals surface area contributed by atoms with Crippen LogP contribution in [0.2, 0.25) is 5.02 Å². The molecule has 0 unspecified atom stereocenters. The maximum atomic E-state index is 12.1. The Balaban J connectivity index is 3.07. The number of carbonyl (C=O) groups is 1. The zero-order valence-corrected chi connectivity index (χ0v) is 13.3. The van der Waals surface area contributed by atoms with Crippen LogP contribution < -0.4 is 9.47 Å². The summed E-state index contributed by atoms with van der Waals surface area (Å²) in [5.74, 6) is 1.20. The summed E-state index contributed by atoms with van der Waals surface area (Å²) in [6, 6.07) is 3.39. The predicted octanol–water partition coefficient (Wildman–Crippen LogP) is 4.90. The van der Waals surface area contributed by atoms with Gasteiger partial charge in [0.1, 0.15) is 11.5 Å². The molecule has 0 aliphatic rings. The summed E-state index contributed by atoms with van der Waals surface area (Å²) >= 11 is 6.18. The number of hydrogen-bond acceptors (Lipinski definition) is 3. The number of hydrogen-bond donors (Lipinski definition) is 0. The molecule has 20 heavy (non-hydrogen) atoms. The van der Waals surface area contributed by atoms with Gasteiger partial charge in [-0.05, 0) is 25.3 Å². The Morgan fingerprint density at radius 3 is 2.15 bits per heavy atom. The van der Waals surface area contributed by atoms with E-state index >= 15 is 0 Å². The van der Waals surface area contributed by atoms with Crippen molar-refractivity contribution in [2.45, 2.75) is 46.5 Å². The minimum Gasteiger partial charge on any atom is -0.493 e. The molecule has 0 aliphatic carbocycles. The number of benzene rings is 1. The van der Waals surface area contributed by atoms with E-state index in [1.165, 1.54) is 0 Å². The van der Waals surface area contributed by atoms with E-state index in [0.29, 0.717) is 41.7 Å². The highest BCUT2D eigenvalue weighted by atomic mass is 35.5. The summed E-state index contributed by atoms with van der Waals surface area (Å²) in [4.78, 5) is 12.1.